The lowest BCUT2D eigenvalue weighted by atomic mass is 9.73. The zero-order valence-electron chi connectivity index (χ0n) is 16.5. The average Bonchev–Trinajstić information content (AvgIpc) is 3.04. The van der Waals surface area contributed by atoms with E-state index in [1.807, 2.05) is 0 Å². The van der Waals surface area contributed by atoms with Gasteiger partial charge in [-0.05, 0) is 38.3 Å². The van der Waals surface area contributed by atoms with Crippen molar-refractivity contribution < 1.29 is 21.9 Å². The molecule has 2 atom stereocenters. The molecule has 3 saturated heterocycles. The number of rotatable bonds is 5. The van der Waals surface area contributed by atoms with E-state index in [2.05, 4.69) is 16.8 Å². The maximum absolute atomic E-state index is 13.4. The normalized spacial score (nSPS) is 26.8. The topological polar surface area (TPSA) is 62.7 Å². The lowest BCUT2D eigenvalue weighted by molar-refractivity contribution is -0.106. The fraction of sp³-hybridized carbons (Fsp3) is 0.737. The van der Waals surface area contributed by atoms with Crippen molar-refractivity contribution in [1.82, 2.24) is 14.2 Å². The standard InChI is InChI=1S/C19H27F2N3O3S/c1-13-16(4-5-17(22-13)18(3,20)21)28(25,26)24-11-19(12-24)9-23(10-19)14(2)15-6-7-27-8-15/h4-5,14-15H,6-12H2,1-3H3. The van der Waals surface area contributed by atoms with Crippen molar-refractivity contribution >= 4 is 10.0 Å². The van der Waals surface area contributed by atoms with Gasteiger partial charge in [0.25, 0.3) is 5.92 Å². The summed E-state index contributed by atoms with van der Waals surface area (Å²) in [6.07, 6.45) is 1.09. The Balaban J connectivity index is 1.39. The largest absolute Gasteiger partial charge is 0.381 e. The molecule has 4 heterocycles. The van der Waals surface area contributed by atoms with Gasteiger partial charge in [-0.2, -0.15) is 13.1 Å². The van der Waals surface area contributed by atoms with Gasteiger partial charge in [-0.25, -0.2) is 8.42 Å². The highest BCUT2D eigenvalue weighted by molar-refractivity contribution is 7.89. The minimum atomic E-state index is -3.71. The first-order chi connectivity index (χ1) is 13.0. The summed E-state index contributed by atoms with van der Waals surface area (Å²) >= 11 is 0. The molecule has 156 valence electrons. The summed E-state index contributed by atoms with van der Waals surface area (Å²) in [5, 5.41) is 0. The van der Waals surface area contributed by atoms with Gasteiger partial charge >= 0.3 is 0 Å². The van der Waals surface area contributed by atoms with Crippen molar-refractivity contribution in [2.75, 3.05) is 39.4 Å². The number of likely N-dealkylation sites (tertiary alicyclic amines) is 1. The minimum absolute atomic E-state index is 0.0167. The molecule has 4 rings (SSSR count). The Morgan fingerprint density at radius 2 is 1.96 bits per heavy atom. The highest BCUT2D eigenvalue weighted by Gasteiger charge is 2.56. The summed E-state index contributed by atoms with van der Waals surface area (Å²) in [4.78, 5) is 6.25. The monoisotopic (exact) mass is 415 g/mol. The predicted octanol–water partition coefficient (Wildman–Crippen LogP) is 2.23. The molecule has 0 N–H and O–H groups in total. The number of aromatic nitrogens is 1. The van der Waals surface area contributed by atoms with E-state index in [-0.39, 0.29) is 16.0 Å². The van der Waals surface area contributed by atoms with Gasteiger partial charge in [0.15, 0.2) is 0 Å². The molecule has 1 aromatic rings. The molecule has 3 fully saturated rings. The van der Waals surface area contributed by atoms with E-state index in [1.54, 1.807) is 0 Å². The number of hydrogen-bond acceptors (Lipinski definition) is 5. The first kappa shape index (κ1) is 20.1. The van der Waals surface area contributed by atoms with Crippen LogP contribution in [0.1, 0.15) is 31.7 Å². The summed E-state index contributed by atoms with van der Waals surface area (Å²) < 4.78 is 59.6. The molecule has 28 heavy (non-hydrogen) atoms. The molecule has 0 radical (unpaired) electrons. The Labute approximate surface area is 164 Å². The molecule has 2 unspecified atom stereocenters. The van der Waals surface area contributed by atoms with Gasteiger partial charge in [-0.3, -0.25) is 9.88 Å². The number of halogens is 2. The van der Waals surface area contributed by atoms with E-state index in [4.69, 9.17) is 4.74 Å². The van der Waals surface area contributed by atoms with Crippen molar-refractivity contribution in [3.8, 4) is 0 Å². The van der Waals surface area contributed by atoms with E-state index in [0.717, 1.165) is 45.7 Å². The van der Waals surface area contributed by atoms with Gasteiger partial charge in [-0.1, -0.05) is 0 Å². The van der Waals surface area contributed by atoms with Gasteiger partial charge in [0.05, 0.1) is 12.3 Å². The Bertz CT molecular complexity index is 852. The molecule has 9 heteroatoms. The second kappa shape index (κ2) is 6.68. The molecular formula is C19H27F2N3O3S. The smallest absolute Gasteiger partial charge is 0.286 e. The van der Waals surface area contributed by atoms with Crippen LogP contribution in [0.15, 0.2) is 17.0 Å². The summed E-state index contributed by atoms with van der Waals surface area (Å²) in [6.45, 7) is 8.83. The highest BCUT2D eigenvalue weighted by Crippen LogP contribution is 2.44. The maximum Gasteiger partial charge on any atom is 0.286 e. The Hall–Kier alpha value is -1.16. The van der Waals surface area contributed by atoms with Crippen LogP contribution >= 0.6 is 0 Å². The van der Waals surface area contributed by atoms with Crippen molar-refractivity contribution in [2.45, 2.75) is 44.1 Å². The summed E-state index contributed by atoms with van der Waals surface area (Å²) in [7, 11) is -3.71. The number of hydrogen-bond donors (Lipinski definition) is 0. The fourth-order valence-electron chi connectivity index (χ4n) is 4.61. The summed E-state index contributed by atoms with van der Waals surface area (Å²) in [6, 6.07) is 2.81. The van der Waals surface area contributed by atoms with Gasteiger partial charge in [0.1, 0.15) is 10.6 Å². The van der Waals surface area contributed by atoms with Crippen molar-refractivity contribution in [3.63, 3.8) is 0 Å². The lowest BCUT2D eigenvalue weighted by Crippen LogP contribution is -2.74. The van der Waals surface area contributed by atoms with Gasteiger partial charge in [0, 0.05) is 51.2 Å². The summed E-state index contributed by atoms with van der Waals surface area (Å²) in [5.74, 6) is -2.54. The molecule has 0 saturated carbocycles. The molecular weight excluding hydrogens is 388 g/mol. The van der Waals surface area contributed by atoms with Crippen LogP contribution in [0.4, 0.5) is 8.78 Å². The van der Waals surface area contributed by atoms with Crippen LogP contribution in [0.2, 0.25) is 0 Å². The Morgan fingerprint density at radius 3 is 2.50 bits per heavy atom. The van der Waals surface area contributed by atoms with Crippen LogP contribution in [0, 0.1) is 18.3 Å². The van der Waals surface area contributed by atoms with Crippen LogP contribution < -0.4 is 0 Å². The quantitative estimate of drug-likeness (QED) is 0.738. The third-order valence-corrected chi connectivity index (χ3v) is 8.35. The molecule has 0 aromatic carbocycles. The van der Waals surface area contributed by atoms with Crippen LogP contribution in [-0.2, 0) is 20.7 Å². The number of aryl methyl sites for hydroxylation is 1. The van der Waals surface area contributed by atoms with Crippen LogP contribution in [-0.4, -0.2) is 68.0 Å². The second-order valence-electron chi connectivity index (χ2n) is 8.71. The van der Waals surface area contributed by atoms with Crippen LogP contribution in [0.3, 0.4) is 0 Å². The maximum atomic E-state index is 13.4. The van der Waals surface area contributed by atoms with E-state index >= 15 is 0 Å². The fourth-order valence-corrected chi connectivity index (χ4v) is 6.44. The minimum Gasteiger partial charge on any atom is -0.381 e. The lowest BCUT2D eigenvalue weighted by Gasteiger charge is -2.61. The number of pyridine rings is 1. The number of sulfonamides is 1. The number of alkyl halides is 2. The van der Waals surface area contributed by atoms with E-state index in [9.17, 15) is 17.2 Å². The van der Waals surface area contributed by atoms with Crippen molar-refractivity contribution in [2.24, 2.45) is 11.3 Å². The number of nitrogens with zero attached hydrogens (tertiary/aromatic N) is 3. The predicted molar refractivity (Wildman–Crippen MR) is 99.7 cm³/mol. The molecule has 0 bridgehead atoms. The first-order valence-electron chi connectivity index (χ1n) is 9.70. The molecule has 6 nitrogen and oxygen atoms in total. The molecule has 0 amide bonds. The highest BCUT2D eigenvalue weighted by atomic mass is 32.2. The van der Waals surface area contributed by atoms with E-state index < -0.39 is 21.6 Å². The molecule has 1 aromatic heterocycles. The van der Waals surface area contributed by atoms with Gasteiger partial charge < -0.3 is 4.74 Å². The average molecular weight is 416 g/mol. The molecule has 0 aliphatic carbocycles. The van der Waals surface area contributed by atoms with Gasteiger partial charge in [-0.15, -0.1) is 0 Å². The first-order valence-corrected chi connectivity index (χ1v) is 11.1. The Kier molecular flexibility index (Phi) is 4.80. The summed E-state index contributed by atoms with van der Waals surface area (Å²) in [5.41, 5.74) is -0.271. The third-order valence-electron chi connectivity index (χ3n) is 6.43. The van der Waals surface area contributed by atoms with E-state index in [1.165, 1.54) is 17.3 Å². The van der Waals surface area contributed by atoms with E-state index in [0.29, 0.717) is 25.0 Å². The molecule has 3 aliphatic rings. The van der Waals surface area contributed by atoms with Crippen LogP contribution in [0.25, 0.3) is 0 Å². The zero-order chi connectivity index (χ0) is 20.3. The SMILES string of the molecule is Cc1nc(C(C)(F)F)ccc1S(=O)(=O)N1CC2(CN(C(C)C3CCOC3)C2)C1. The molecule has 1 spiro atoms. The molecule has 3 aliphatic heterocycles. The second-order valence-corrected chi connectivity index (χ2v) is 10.6. The van der Waals surface area contributed by atoms with Crippen molar-refractivity contribution in [3.05, 3.63) is 23.5 Å². The Morgan fingerprint density at radius 1 is 1.29 bits per heavy atom. The van der Waals surface area contributed by atoms with Crippen LogP contribution in [0.5, 0.6) is 0 Å². The number of ether oxygens (including phenoxy) is 1. The van der Waals surface area contributed by atoms with Gasteiger partial charge in [0.2, 0.25) is 10.0 Å². The zero-order valence-corrected chi connectivity index (χ0v) is 17.3. The third kappa shape index (κ3) is 3.36. The van der Waals surface area contributed by atoms with Crippen molar-refractivity contribution in [1.29, 1.82) is 0 Å².